The molecule has 0 heterocycles. The van der Waals surface area contributed by atoms with Crippen LogP contribution in [0, 0.1) is 10.1 Å². The second-order valence-corrected chi connectivity index (χ2v) is 3.68. The zero-order valence-electron chi connectivity index (χ0n) is 8.99. The molecule has 0 spiro atoms. The Bertz CT molecular complexity index is 192. The van der Waals surface area contributed by atoms with Crippen LogP contribution >= 0.6 is 0 Å². The van der Waals surface area contributed by atoms with Gasteiger partial charge in [-0.05, 0) is 13.3 Å². The molecule has 0 aliphatic heterocycles. The van der Waals surface area contributed by atoms with Crippen LogP contribution in [0.15, 0.2) is 0 Å². The third-order valence-electron chi connectivity index (χ3n) is 2.27. The largest absolute Gasteiger partial charge is 0.300 e. The van der Waals surface area contributed by atoms with Crippen molar-refractivity contribution in [3.05, 3.63) is 10.1 Å². The van der Waals surface area contributed by atoms with E-state index in [-0.39, 0.29) is 10.7 Å². The average molecular weight is 201 g/mol. The van der Waals surface area contributed by atoms with Crippen molar-refractivity contribution in [3.8, 4) is 0 Å². The van der Waals surface area contributed by atoms with E-state index in [9.17, 15) is 14.9 Å². The number of nitrogens with zero attached hydrogens (tertiary/aromatic N) is 1. The van der Waals surface area contributed by atoms with Crippen molar-refractivity contribution in [1.82, 2.24) is 0 Å². The Balaban J connectivity index is 3.78. The van der Waals surface area contributed by atoms with E-state index in [0.717, 1.165) is 19.3 Å². The molecule has 0 radical (unpaired) electrons. The zero-order valence-corrected chi connectivity index (χ0v) is 8.99. The number of Topliss-reactive ketones (excluding diaryl/α,β-unsaturated/α-hetero) is 1. The van der Waals surface area contributed by atoms with Gasteiger partial charge in [-0.15, -0.1) is 0 Å². The van der Waals surface area contributed by atoms with Crippen molar-refractivity contribution in [2.75, 3.05) is 0 Å². The van der Waals surface area contributed by atoms with Crippen LogP contribution in [0.1, 0.15) is 52.4 Å². The number of carbonyl (C=O) groups excluding carboxylic acids is 1. The second-order valence-electron chi connectivity index (χ2n) is 3.68. The summed E-state index contributed by atoms with van der Waals surface area (Å²) in [7, 11) is 0. The third-order valence-corrected chi connectivity index (χ3v) is 2.27. The van der Waals surface area contributed by atoms with Gasteiger partial charge in [0.15, 0.2) is 0 Å². The lowest BCUT2D eigenvalue weighted by atomic mass is 10.0. The standard InChI is InChI=1S/C10H19NO3/c1-3-4-5-6-10(11(13)14)8-7-9(2)12/h10H,3-8H2,1-2H3. The predicted octanol–water partition coefficient (Wildman–Crippen LogP) is 2.58. The van der Waals surface area contributed by atoms with Crippen LogP contribution < -0.4 is 0 Å². The molecule has 4 nitrogen and oxygen atoms in total. The summed E-state index contributed by atoms with van der Waals surface area (Å²) in [6.45, 7) is 3.54. The van der Waals surface area contributed by atoms with Gasteiger partial charge < -0.3 is 4.79 Å². The zero-order chi connectivity index (χ0) is 11.0. The molecule has 1 unspecified atom stereocenters. The third kappa shape index (κ3) is 6.57. The highest BCUT2D eigenvalue weighted by Crippen LogP contribution is 2.11. The molecule has 0 aromatic heterocycles. The van der Waals surface area contributed by atoms with Gasteiger partial charge in [-0.1, -0.05) is 19.8 Å². The second kappa shape index (κ2) is 7.47. The minimum absolute atomic E-state index is 0.0346. The van der Waals surface area contributed by atoms with Crippen molar-refractivity contribution in [1.29, 1.82) is 0 Å². The maximum Gasteiger partial charge on any atom is 0.213 e. The fourth-order valence-electron chi connectivity index (χ4n) is 1.35. The molecule has 1 atom stereocenters. The van der Waals surface area contributed by atoms with Crippen molar-refractivity contribution in [2.45, 2.75) is 58.4 Å². The smallest absolute Gasteiger partial charge is 0.213 e. The number of nitro groups is 1. The van der Waals surface area contributed by atoms with Crippen LogP contribution in [0.4, 0.5) is 0 Å². The lowest BCUT2D eigenvalue weighted by molar-refractivity contribution is -0.524. The summed E-state index contributed by atoms with van der Waals surface area (Å²) in [5.74, 6) is 0.0346. The molecule has 14 heavy (non-hydrogen) atoms. The first-order chi connectivity index (χ1) is 6.57. The fraction of sp³-hybridized carbons (Fsp3) is 0.900. The highest BCUT2D eigenvalue weighted by Gasteiger charge is 2.19. The minimum Gasteiger partial charge on any atom is -0.300 e. The SMILES string of the molecule is CCCCCC(CCC(C)=O)[N+](=O)[O-]. The lowest BCUT2D eigenvalue weighted by Crippen LogP contribution is -2.20. The van der Waals surface area contributed by atoms with E-state index in [4.69, 9.17) is 0 Å². The van der Waals surface area contributed by atoms with Gasteiger partial charge in [0.1, 0.15) is 5.78 Å². The molecule has 0 N–H and O–H groups in total. The van der Waals surface area contributed by atoms with Gasteiger partial charge in [0, 0.05) is 24.2 Å². The van der Waals surface area contributed by atoms with Crippen molar-refractivity contribution >= 4 is 5.78 Å². The van der Waals surface area contributed by atoms with Gasteiger partial charge in [-0.25, -0.2) is 0 Å². The van der Waals surface area contributed by atoms with E-state index in [1.165, 1.54) is 6.92 Å². The van der Waals surface area contributed by atoms with Crippen molar-refractivity contribution < 1.29 is 9.72 Å². The predicted molar refractivity (Wildman–Crippen MR) is 54.8 cm³/mol. The molecule has 0 amide bonds. The molecule has 0 aromatic rings. The summed E-state index contributed by atoms with van der Waals surface area (Å²) in [5, 5.41) is 10.6. The van der Waals surface area contributed by atoms with E-state index in [0.29, 0.717) is 19.3 Å². The van der Waals surface area contributed by atoms with Gasteiger partial charge in [0.25, 0.3) is 0 Å². The number of hydrogen-bond acceptors (Lipinski definition) is 3. The summed E-state index contributed by atoms with van der Waals surface area (Å²) in [6, 6.07) is -0.523. The first-order valence-corrected chi connectivity index (χ1v) is 5.20. The normalized spacial score (nSPS) is 12.4. The van der Waals surface area contributed by atoms with Gasteiger partial charge in [-0.3, -0.25) is 10.1 Å². The maximum absolute atomic E-state index is 10.7. The fourth-order valence-corrected chi connectivity index (χ4v) is 1.35. The molecule has 0 bridgehead atoms. The molecule has 0 aromatic carbocycles. The molecule has 0 fully saturated rings. The van der Waals surface area contributed by atoms with Crippen molar-refractivity contribution in [3.63, 3.8) is 0 Å². The Kier molecular flexibility index (Phi) is 6.98. The molecule has 82 valence electrons. The Morgan fingerprint density at radius 3 is 2.43 bits per heavy atom. The van der Waals surface area contributed by atoms with E-state index in [1.807, 2.05) is 0 Å². The monoisotopic (exact) mass is 201 g/mol. The van der Waals surface area contributed by atoms with E-state index < -0.39 is 6.04 Å². The van der Waals surface area contributed by atoms with Crippen LogP contribution in [0.3, 0.4) is 0 Å². The molecule has 0 saturated heterocycles. The van der Waals surface area contributed by atoms with Crippen LogP contribution in [-0.4, -0.2) is 16.7 Å². The number of ketones is 1. The maximum atomic E-state index is 10.7. The molecular weight excluding hydrogens is 182 g/mol. The van der Waals surface area contributed by atoms with Crippen LogP contribution in [0.5, 0.6) is 0 Å². The molecule has 0 rings (SSSR count). The quantitative estimate of drug-likeness (QED) is 0.344. The Labute approximate surface area is 84.8 Å². The summed E-state index contributed by atoms with van der Waals surface area (Å²) in [4.78, 5) is 21.0. The van der Waals surface area contributed by atoms with Gasteiger partial charge in [-0.2, -0.15) is 0 Å². The molecule has 0 saturated carbocycles. The first kappa shape index (κ1) is 13.1. The van der Waals surface area contributed by atoms with E-state index in [1.54, 1.807) is 0 Å². The number of rotatable bonds is 8. The average Bonchev–Trinajstić information content (AvgIpc) is 2.10. The summed E-state index contributed by atoms with van der Waals surface area (Å²) in [5.41, 5.74) is 0. The topological polar surface area (TPSA) is 60.2 Å². The van der Waals surface area contributed by atoms with Gasteiger partial charge >= 0.3 is 0 Å². The Morgan fingerprint density at radius 1 is 1.36 bits per heavy atom. The van der Waals surface area contributed by atoms with E-state index in [2.05, 4.69) is 6.92 Å². The highest BCUT2D eigenvalue weighted by atomic mass is 16.6. The van der Waals surface area contributed by atoms with Crippen molar-refractivity contribution in [2.24, 2.45) is 0 Å². The van der Waals surface area contributed by atoms with Crippen LogP contribution in [0.25, 0.3) is 0 Å². The van der Waals surface area contributed by atoms with E-state index >= 15 is 0 Å². The summed E-state index contributed by atoms with van der Waals surface area (Å²) >= 11 is 0. The molecule has 4 heteroatoms. The Morgan fingerprint density at radius 2 is 2.00 bits per heavy atom. The van der Waals surface area contributed by atoms with Gasteiger partial charge in [0.2, 0.25) is 6.04 Å². The lowest BCUT2D eigenvalue weighted by Gasteiger charge is -2.07. The number of unbranched alkanes of at least 4 members (excludes halogenated alkanes) is 2. The summed E-state index contributed by atoms with van der Waals surface area (Å²) in [6.07, 6.45) is 4.32. The summed E-state index contributed by atoms with van der Waals surface area (Å²) < 4.78 is 0. The number of hydrogen-bond donors (Lipinski definition) is 0. The molecule has 0 aliphatic rings. The first-order valence-electron chi connectivity index (χ1n) is 5.20. The minimum atomic E-state index is -0.523. The Hall–Kier alpha value is -0.930. The molecular formula is C10H19NO3. The van der Waals surface area contributed by atoms with Crippen LogP contribution in [-0.2, 0) is 4.79 Å². The highest BCUT2D eigenvalue weighted by molar-refractivity contribution is 5.75. The van der Waals surface area contributed by atoms with Crippen LogP contribution in [0.2, 0.25) is 0 Å². The number of carbonyl (C=O) groups is 1. The molecule has 0 aliphatic carbocycles. The van der Waals surface area contributed by atoms with Gasteiger partial charge in [0.05, 0.1) is 0 Å².